The van der Waals surface area contributed by atoms with Gasteiger partial charge in [-0.3, -0.25) is 0 Å². The zero-order chi connectivity index (χ0) is 22.9. The summed E-state index contributed by atoms with van der Waals surface area (Å²) in [5, 5.41) is 12.5. The monoisotopic (exact) mass is 444 g/mol. The van der Waals surface area contributed by atoms with E-state index in [1.807, 2.05) is 0 Å². The summed E-state index contributed by atoms with van der Waals surface area (Å²) in [7, 11) is 0. The average Bonchev–Trinajstić information content (AvgIpc) is 3.31. The van der Waals surface area contributed by atoms with Gasteiger partial charge in [0.2, 0.25) is 0 Å². The van der Waals surface area contributed by atoms with Crippen molar-refractivity contribution >= 4 is 65.0 Å². The summed E-state index contributed by atoms with van der Waals surface area (Å²) in [6.45, 7) is 0. The van der Waals surface area contributed by atoms with E-state index in [2.05, 4.69) is 121 Å². The Balaban J connectivity index is 1.47. The third-order valence-corrected chi connectivity index (χ3v) is 7.40. The molecule has 0 unspecified atom stereocenters. The smallest absolute Gasteiger partial charge is 0.136 e. The fraction of sp³-hybridized carbons (Fsp3) is 0. The fourth-order valence-corrected chi connectivity index (χ4v) is 5.74. The topological polar surface area (TPSA) is 13.1 Å². The summed E-state index contributed by atoms with van der Waals surface area (Å²) >= 11 is 0. The van der Waals surface area contributed by atoms with Gasteiger partial charge >= 0.3 is 0 Å². The molecule has 162 valence electrons. The van der Waals surface area contributed by atoms with Crippen LogP contribution in [-0.2, 0) is 0 Å². The second-order valence-electron chi connectivity index (χ2n) is 9.36. The molecule has 0 bridgehead atoms. The molecule has 1 aromatic heterocycles. The van der Waals surface area contributed by atoms with Gasteiger partial charge in [0.15, 0.2) is 0 Å². The Hall–Kier alpha value is -4.62. The maximum Gasteiger partial charge on any atom is 0.136 e. The summed E-state index contributed by atoms with van der Waals surface area (Å²) < 4.78 is 6.33. The molecule has 1 nitrogen and oxygen atoms in total. The zero-order valence-electron chi connectivity index (χ0n) is 19.0. The lowest BCUT2D eigenvalue weighted by atomic mass is 9.93. The Kier molecular flexibility index (Phi) is 3.72. The Morgan fingerprint density at radius 3 is 1.94 bits per heavy atom. The summed E-state index contributed by atoms with van der Waals surface area (Å²) in [5.41, 5.74) is 4.28. The third-order valence-electron chi connectivity index (χ3n) is 7.40. The molecule has 0 atom stereocenters. The van der Waals surface area contributed by atoms with E-state index < -0.39 is 0 Å². The molecule has 0 aliphatic carbocycles. The second kappa shape index (κ2) is 6.94. The zero-order valence-corrected chi connectivity index (χ0v) is 19.0. The molecule has 7 aromatic carbocycles. The van der Waals surface area contributed by atoms with Crippen LogP contribution < -0.4 is 0 Å². The normalized spacial score (nSPS) is 12.0. The van der Waals surface area contributed by atoms with Crippen molar-refractivity contribution in [2.24, 2.45) is 0 Å². The average molecular weight is 445 g/mol. The fourth-order valence-electron chi connectivity index (χ4n) is 5.74. The number of rotatable bonds is 1. The van der Waals surface area contributed by atoms with E-state index in [1.165, 1.54) is 65.0 Å². The first-order chi connectivity index (χ1) is 17.3. The van der Waals surface area contributed by atoms with Crippen molar-refractivity contribution in [1.82, 2.24) is 0 Å². The van der Waals surface area contributed by atoms with Gasteiger partial charge in [-0.25, -0.2) is 0 Å². The SMILES string of the molecule is c1ccc2cc3c(ccc4ccc(-c5cccc6oc7ccc8ccccc8c7c56)cc43)cc2c1. The summed E-state index contributed by atoms with van der Waals surface area (Å²) in [6.07, 6.45) is 0. The highest BCUT2D eigenvalue weighted by Gasteiger charge is 2.15. The molecule has 0 saturated carbocycles. The molecule has 0 aliphatic rings. The van der Waals surface area contributed by atoms with E-state index in [9.17, 15) is 0 Å². The largest absolute Gasteiger partial charge is 0.456 e. The molecule has 0 radical (unpaired) electrons. The summed E-state index contributed by atoms with van der Waals surface area (Å²) in [5.74, 6) is 0. The van der Waals surface area contributed by atoms with Crippen LogP contribution in [0, 0.1) is 0 Å². The molecule has 8 aromatic rings. The Morgan fingerprint density at radius 1 is 0.371 bits per heavy atom. The van der Waals surface area contributed by atoms with Crippen LogP contribution >= 0.6 is 0 Å². The highest BCUT2D eigenvalue weighted by Crippen LogP contribution is 2.41. The van der Waals surface area contributed by atoms with Crippen molar-refractivity contribution in [3.05, 3.63) is 121 Å². The molecular weight excluding hydrogens is 424 g/mol. The van der Waals surface area contributed by atoms with Crippen LogP contribution in [0.15, 0.2) is 126 Å². The lowest BCUT2D eigenvalue weighted by molar-refractivity contribution is 0.669. The number of hydrogen-bond acceptors (Lipinski definition) is 1. The lowest BCUT2D eigenvalue weighted by Crippen LogP contribution is -1.84. The highest BCUT2D eigenvalue weighted by molar-refractivity contribution is 6.23. The molecule has 0 N–H and O–H groups in total. The molecule has 0 amide bonds. The minimum atomic E-state index is 0.929. The van der Waals surface area contributed by atoms with Crippen molar-refractivity contribution in [1.29, 1.82) is 0 Å². The second-order valence-corrected chi connectivity index (χ2v) is 9.36. The van der Waals surface area contributed by atoms with Crippen LogP contribution in [0.2, 0.25) is 0 Å². The lowest BCUT2D eigenvalue weighted by Gasteiger charge is -2.10. The van der Waals surface area contributed by atoms with E-state index in [-0.39, 0.29) is 0 Å². The first-order valence-corrected chi connectivity index (χ1v) is 12.0. The van der Waals surface area contributed by atoms with Crippen LogP contribution in [0.4, 0.5) is 0 Å². The van der Waals surface area contributed by atoms with Gasteiger partial charge in [0.05, 0.1) is 0 Å². The number of fused-ring (bicyclic) bond motifs is 9. The van der Waals surface area contributed by atoms with Gasteiger partial charge in [0.1, 0.15) is 11.2 Å². The minimum absolute atomic E-state index is 0.929. The van der Waals surface area contributed by atoms with E-state index in [4.69, 9.17) is 4.42 Å². The molecule has 8 rings (SSSR count). The van der Waals surface area contributed by atoms with Crippen LogP contribution in [-0.4, -0.2) is 0 Å². The molecular formula is C34H20O. The maximum absolute atomic E-state index is 6.33. The van der Waals surface area contributed by atoms with Crippen molar-refractivity contribution in [3.63, 3.8) is 0 Å². The van der Waals surface area contributed by atoms with Crippen LogP contribution in [0.25, 0.3) is 76.2 Å². The van der Waals surface area contributed by atoms with E-state index in [0.29, 0.717) is 0 Å². The highest BCUT2D eigenvalue weighted by atomic mass is 16.3. The maximum atomic E-state index is 6.33. The van der Waals surface area contributed by atoms with Gasteiger partial charge in [-0.1, -0.05) is 91.0 Å². The predicted octanol–water partition coefficient (Wildman–Crippen LogP) is 9.87. The molecule has 0 fully saturated rings. The molecule has 0 spiro atoms. The van der Waals surface area contributed by atoms with Crippen LogP contribution in [0.3, 0.4) is 0 Å². The molecule has 1 heteroatoms. The van der Waals surface area contributed by atoms with Gasteiger partial charge in [-0.2, -0.15) is 0 Å². The standard InChI is InChI=1S/C34H20O/c1-2-8-24-19-30-25(18-23(24)7-1)14-12-22-13-15-26(20-29(22)30)28-10-5-11-31-34(28)33-27-9-4-3-6-21(27)16-17-32(33)35-31/h1-20H. The van der Waals surface area contributed by atoms with Crippen molar-refractivity contribution < 1.29 is 4.42 Å². The minimum Gasteiger partial charge on any atom is -0.456 e. The Bertz CT molecular complexity index is 2110. The number of hydrogen-bond donors (Lipinski definition) is 0. The van der Waals surface area contributed by atoms with Crippen molar-refractivity contribution in [2.45, 2.75) is 0 Å². The molecule has 35 heavy (non-hydrogen) atoms. The van der Waals surface area contributed by atoms with Crippen LogP contribution in [0.1, 0.15) is 0 Å². The Morgan fingerprint density at radius 2 is 1.03 bits per heavy atom. The number of furan rings is 1. The van der Waals surface area contributed by atoms with Crippen LogP contribution in [0.5, 0.6) is 0 Å². The van der Waals surface area contributed by atoms with E-state index in [1.54, 1.807) is 0 Å². The molecule has 0 aliphatic heterocycles. The summed E-state index contributed by atoms with van der Waals surface area (Å²) in [4.78, 5) is 0. The number of benzene rings is 7. The predicted molar refractivity (Wildman–Crippen MR) is 149 cm³/mol. The van der Waals surface area contributed by atoms with Gasteiger partial charge in [-0.05, 0) is 84.5 Å². The summed E-state index contributed by atoms with van der Waals surface area (Å²) in [6, 6.07) is 43.8. The van der Waals surface area contributed by atoms with E-state index in [0.717, 1.165) is 11.2 Å². The van der Waals surface area contributed by atoms with Crippen molar-refractivity contribution in [3.8, 4) is 11.1 Å². The van der Waals surface area contributed by atoms with Gasteiger partial charge < -0.3 is 4.42 Å². The Labute approximate surface area is 201 Å². The molecule has 0 saturated heterocycles. The first-order valence-electron chi connectivity index (χ1n) is 12.0. The third kappa shape index (κ3) is 2.70. The van der Waals surface area contributed by atoms with Crippen molar-refractivity contribution in [2.75, 3.05) is 0 Å². The molecule has 1 heterocycles. The first kappa shape index (κ1) is 18.8. The quantitative estimate of drug-likeness (QED) is 0.181. The van der Waals surface area contributed by atoms with Gasteiger partial charge in [-0.15, -0.1) is 0 Å². The van der Waals surface area contributed by atoms with Gasteiger partial charge in [0.25, 0.3) is 0 Å². The van der Waals surface area contributed by atoms with E-state index >= 15 is 0 Å². The van der Waals surface area contributed by atoms with Gasteiger partial charge in [0, 0.05) is 10.8 Å².